The molecule has 0 unspecified atom stereocenters. The highest BCUT2D eigenvalue weighted by Crippen LogP contribution is 2.57. The fourth-order valence-electron chi connectivity index (χ4n) is 5.58. The summed E-state index contributed by atoms with van der Waals surface area (Å²) in [5, 5.41) is 1.82. The van der Waals surface area contributed by atoms with Gasteiger partial charge < -0.3 is 0 Å². The van der Waals surface area contributed by atoms with E-state index in [0.29, 0.717) is 10.1 Å². The largest absolute Gasteiger partial charge is 0.250 e. The minimum Gasteiger partial charge on any atom is -0.207 e. The fraction of sp³-hybridized carbons (Fsp3) is 0.750. The summed E-state index contributed by atoms with van der Waals surface area (Å²) >= 11 is 1.30. The van der Waals surface area contributed by atoms with Crippen molar-refractivity contribution in [2.75, 3.05) is 0 Å². The average molecular weight is 325 g/mol. The van der Waals surface area contributed by atoms with E-state index in [9.17, 15) is 8.42 Å². The van der Waals surface area contributed by atoms with Gasteiger partial charge in [0.25, 0.3) is 0 Å². The van der Waals surface area contributed by atoms with Crippen molar-refractivity contribution < 1.29 is 8.42 Å². The van der Waals surface area contributed by atoms with E-state index in [1.54, 1.807) is 12.1 Å². The summed E-state index contributed by atoms with van der Waals surface area (Å²) in [7, 11) is -3.33. The molecule has 3 nitrogen and oxygen atoms in total. The van der Waals surface area contributed by atoms with Crippen LogP contribution >= 0.6 is 11.3 Å². The number of rotatable bonds is 4. The Morgan fingerprint density at radius 3 is 2.29 bits per heavy atom. The summed E-state index contributed by atoms with van der Waals surface area (Å²) in [5.74, 6) is 3.92. The number of hydrogen-bond acceptors (Lipinski definition) is 3. The normalized spacial score (nSPS) is 39.6. The molecule has 1 aromatic heterocycles. The maximum atomic E-state index is 12.4. The molecule has 1 atom stereocenters. The van der Waals surface area contributed by atoms with Gasteiger partial charge in [0.15, 0.2) is 0 Å². The smallest absolute Gasteiger partial charge is 0.207 e. The predicted molar refractivity (Wildman–Crippen MR) is 84.6 cm³/mol. The molecular formula is C16H23NO2S2. The topological polar surface area (TPSA) is 46.2 Å². The molecule has 1 heterocycles. The van der Waals surface area contributed by atoms with Crippen molar-refractivity contribution >= 4 is 21.4 Å². The zero-order valence-electron chi connectivity index (χ0n) is 12.4. The van der Waals surface area contributed by atoms with Gasteiger partial charge in [-0.15, -0.1) is 11.3 Å². The van der Waals surface area contributed by atoms with E-state index in [0.717, 1.165) is 23.7 Å². The average Bonchev–Trinajstić information content (AvgIpc) is 2.91. The molecule has 0 amide bonds. The highest BCUT2D eigenvalue weighted by Gasteiger charge is 2.50. The van der Waals surface area contributed by atoms with E-state index in [4.69, 9.17) is 0 Å². The third kappa shape index (κ3) is 2.47. The van der Waals surface area contributed by atoms with Gasteiger partial charge in [-0.3, -0.25) is 0 Å². The second-order valence-electron chi connectivity index (χ2n) is 7.35. The summed E-state index contributed by atoms with van der Waals surface area (Å²) < 4.78 is 28.3. The fourth-order valence-corrected chi connectivity index (χ4v) is 7.87. The van der Waals surface area contributed by atoms with Crippen molar-refractivity contribution in [1.29, 1.82) is 0 Å². The molecule has 4 bridgehead atoms. The molecule has 5 heteroatoms. The summed E-state index contributed by atoms with van der Waals surface area (Å²) in [6.45, 7) is 2.08. The van der Waals surface area contributed by atoms with E-state index in [-0.39, 0.29) is 6.04 Å². The third-order valence-electron chi connectivity index (χ3n) is 5.98. The van der Waals surface area contributed by atoms with Gasteiger partial charge in [0, 0.05) is 6.04 Å². The second-order valence-corrected chi connectivity index (χ2v) is 10.2. The Kier molecular flexibility index (Phi) is 3.43. The van der Waals surface area contributed by atoms with E-state index in [1.807, 2.05) is 5.38 Å². The van der Waals surface area contributed by atoms with Crippen LogP contribution in [0.1, 0.15) is 39.0 Å². The molecule has 1 aromatic rings. The first-order valence-corrected chi connectivity index (χ1v) is 10.4. The Morgan fingerprint density at radius 1 is 1.14 bits per heavy atom. The maximum Gasteiger partial charge on any atom is 0.250 e. The van der Waals surface area contributed by atoms with Crippen LogP contribution in [0.5, 0.6) is 0 Å². The second kappa shape index (κ2) is 5.07. The molecule has 5 rings (SSSR count). The number of thiophene rings is 1. The van der Waals surface area contributed by atoms with Gasteiger partial charge in [0.1, 0.15) is 4.21 Å². The van der Waals surface area contributed by atoms with E-state index < -0.39 is 10.0 Å². The van der Waals surface area contributed by atoms with Crippen molar-refractivity contribution in [2.45, 2.75) is 49.3 Å². The molecule has 0 radical (unpaired) electrons. The summed E-state index contributed by atoms with van der Waals surface area (Å²) in [6.07, 6.45) is 6.78. The molecule has 0 spiro atoms. The number of sulfonamides is 1. The molecule has 4 fully saturated rings. The Morgan fingerprint density at radius 2 is 1.76 bits per heavy atom. The van der Waals surface area contributed by atoms with E-state index >= 15 is 0 Å². The van der Waals surface area contributed by atoms with Gasteiger partial charge in [-0.05, 0) is 80.1 Å². The van der Waals surface area contributed by atoms with Gasteiger partial charge in [0.2, 0.25) is 10.0 Å². The van der Waals surface area contributed by atoms with Crippen LogP contribution in [-0.2, 0) is 10.0 Å². The minimum absolute atomic E-state index is 0.0621. The Labute approximate surface area is 131 Å². The summed E-state index contributed by atoms with van der Waals surface area (Å²) in [4.78, 5) is 0. The summed E-state index contributed by atoms with van der Waals surface area (Å²) in [5.41, 5.74) is 0. The number of nitrogens with one attached hydrogen (secondary N) is 1. The Balaban J connectivity index is 1.52. The first-order chi connectivity index (χ1) is 10.0. The zero-order valence-corrected chi connectivity index (χ0v) is 14.0. The molecule has 0 saturated heterocycles. The van der Waals surface area contributed by atoms with Crippen LogP contribution in [-0.4, -0.2) is 14.5 Å². The quantitative estimate of drug-likeness (QED) is 0.921. The molecule has 1 N–H and O–H groups in total. The predicted octanol–water partition coefficient (Wildman–Crippen LogP) is 3.49. The van der Waals surface area contributed by atoms with Gasteiger partial charge in [-0.1, -0.05) is 6.07 Å². The monoisotopic (exact) mass is 325 g/mol. The molecule has 21 heavy (non-hydrogen) atoms. The van der Waals surface area contributed by atoms with E-state index in [2.05, 4.69) is 11.6 Å². The standard InChI is InChI=1S/C16H23NO2S2/c1-10(17-21(18,19)15-3-2-4-20-15)16-13-6-11-5-12(8-13)9-14(16)7-11/h2-4,10-14,16-17H,5-9H2,1H3/t10-,11?,12?,13?,14?,16?/m0/s1. The van der Waals surface area contributed by atoms with Crippen LogP contribution in [0.15, 0.2) is 21.7 Å². The first kappa shape index (κ1) is 14.2. The van der Waals surface area contributed by atoms with Crippen LogP contribution in [0.25, 0.3) is 0 Å². The van der Waals surface area contributed by atoms with Crippen LogP contribution in [0, 0.1) is 29.6 Å². The highest BCUT2D eigenvalue weighted by molar-refractivity contribution is 7.91. The van der Waals surface area contributed by atoms with Gasteiger partial charge in [-0.25, -0.2) is 13.1 Å². The van der Waals surface area contributed by atoms with Crippen LogP contribution in [0.3, 0.4) is 0 Å². The lowest BCUT2D eigenvalue weighted by Crippen LogP contribution is -2.52. The Hall–Kier alpha value is -0.390. The lowest BCUT2D eigenvalue weighted by Gasteiger charge is -2.56. The van der Waals surface area contributed by atoms with Gasteiger partial charge >= 0.3 is 0 Å². The molecule has 4 aliphatic rings. The SMILES string of the molecule is C[C@H](NS(=O)(=O)c1cccs1)C1C2CC3CC(C2)CC1C3. The van der Waals surface area contributed by atoms with Crippen LogP contribution in [0.2, 0.25) is 0 Å². The van der Waals surface area contributed by atoms with Crippen molar-refractivity contribution in [1.82, 2.24) is 4.72 Å². The molecule has 4 saturated carbocycles. The van der Waals surface area contributed by atoms with Crippen LogP contribution in [0.4, 0.5) is 0 Å². The molecule has 0 aliphatic heterocycles. The Bertz CT molecular complexity index is 580. The molecule has 4 aliphatic carbocycles. The highest BCUT2D eigenvalue weighted by atomic mass is 32.2. The van der Waals surface area contributed by atoms with Crippen molar-refractivity contribution in [3.05, 3.63) is 17.5 Å². The summed E-state index contributed by atoms with van der Waals surface area (Å²) in [6, 6.07) is 3.55. The molecule has 0 aromatic carbocycles. The van der Waals surface area contributed by atoms with Crippen molar-refractivity contribution in [3.63, 3.8) is 0 Å². The number of hydrogen-bond donors (Lipinski definition) is 1. The van der Waals surface area contributed by atoms with Crippen molar-refractivity contribution in [3.8, 4) is 0 Å². The minimum atomic E-state index is -3.33. The zero-order chi connectivity index (χ0) is 14.6. The molecule has 116 valence electrons. The van der Waals surface area contributed by atoms with Crippen molar-refractivity contribution in [2.24, 2.45) is 29.6 Å². The van der Waals surface area contributed by atoms with Crippen LogP contribution < -0.4 is 4.72 Å². The molecular weight excluding hydrogens is 302 g/mol. The van der Waals surface area contributed by atoms with E-state index in [1.165, 1.54) is 43.4 Å². The van der Waals surface area contributed by atoms with Gasteiger partial charge in [0.05, 0.1) is 0 Å². The lowest BCUT2D eigenvalue weighted by atomic mass is 9.51. The van der Waals surface area contributed by atoms with Gasteiger partial charge in [-0.2, -0.15) is 0 Å². The third-order valence-corrected chi connectivity index (χ3v) is 8.93. The lowest BCUT2D eigenvalue weighted by molar-refractivity contribution is -0.0463. The first-order valence-electron chi connectivity index (χ1n) is 8.09. The maximum absolute atomic E-state index is 12.4.